The Kier molecular flexibility index (Phi) is 5.84. The van der Waals surface area contributed by atoms with Gasteiger partial charge in [-0.15, -0.1) is 0 Å². The highest BCUT2D eigenvalue weighted by atomic mass is 19.1. The third-order valence-electron chi connectivity index (χ3n) is 6.95. The van der Waals surface area contributed by atoms with E-state index in [0.717, 1.165) is 11.1 Å². The van der Waals surface area contributed by atoms with Crippen molar-refractivity contribution >= 4 is 23.4 Å². The monoisotopic (exact) mass is 471 g/mol. The first-order valence-electron chi connectivity index (χ1n) is 11.7. The summed E-state index contributed by atoms with van der Waals surface area (Å²) in [5, 5.41) is 3.04. The van der Waals surface area contributed by atoms with E-state index in [-0.39, 0.29) is 36.5 Å². The number of amides is 3. The van der Waals surface area contributed by atoms with Gasteiger partial charge in [-0.3, -0.25) is 19.3 Å². The van der Waals surface area contributed by atoms with E-state index in [1.165, 1.54) is 12.1 Å². The summed E-state index contributed by atoms with van der Waals surface area (Å²) in [5.41, 5.74) is 1.92. The fourth-order valence-corrected chi connectivity index (χ4v) is 5.15. The van der Waals surface area contributed by atoms with E-state index >= 15 is 0 Å². The summed E-state index contributed by atoms with van der Waals surface area (Å²) >= 11 is 0. The van der Waals surface area contributed by atoms with Gasteiger partial charge in [-0.05, 0) is 48.7 Å². The summed E-state index contributed by atoms with van der Waals surface area (Å²) in [5.74, 6) is -0.795. The van der Waals surface area contributed by atoms with Crippen LogP contribution in [0, 0.1) is 5.82 Å². The fraction of sp³-hybridized carbons (Fsp3) is 0.250. The Morgan fingerprint density at radius 1 is 0.971 bits per heavy atom. The molecule has 2 atom stereocenters. The van der Waals surface area contributed by atoms with Crippen LogP contribution in [0.5, 0.6) is 0 Å². The Bertz CT molecular complexity index is 1280. The van der Waals surface area contributed by atoms with Crippen molar-refractivity contribution in [1.29, 1.82) is 0 Å². The summed E-state index contributed by atoms with van der Waals surface area (Å²) in [6, 6.07) is 22.2. The van der Waals surface area contributed by atoms with Gasteiger partial charge in [0.2, 0.25) is 11.8 Å². The number of hydrogen-bond acceptors (Lipinski definition) is 3. The highest BCUT2D eigenvalue weighted by Gasteiger charge is 2.52. The second-order valence-electron chi connectivity index (χ2n) is 9.13. The first-order valence-corrected chi connectivity index (χ1v) is 11.7. The van der Waals surface area contributed by atoms with Crippen molar-refractivity contribution in [2.75, 3.05) is 11.4 Å². The van der Waals surface area contributed by atoms with Crippen LogP contribution in [0.4, 0.5) is 10.1 Å². The van der Waals surface area contributed by atoms with Crippen molar-refractivity contribution in [2.45, 2.75) is 37.9 Å². The number of rotatable bonds is 6. The Labute approximate surface area is 203 Å². The lowest BCUT2D eigenvalue weighted by atomic mass is 9.97. The number of carbonyl (C=O) groups excluding carboxylic acids is 3. The van der Waals surface area contributed by atoms with E-state index in [4.69, 9.17) is 0 Å². The van der Waals surface area contributed by atoms with Gasteiger partial charge in [0.1, 0.15) is 11.5 Å². The molecule has 1 saturated heterocycles. The second-order valence-corrected chi connectivity index (χ2v) is 9.13. The molecule has 3 aromatic carbocycles. The largest absolute Gasteiger partial charge is 0.345 e. The molecule has 6 nitrogen and oxygen atoms in total. The van der Waals surface area contributed by atoms with Gasteiger partial charge >= 0.3 is 0 Å². The topological polar surface area (TPSA) is 69.7 Å². The first-order chi connectivity index (χ1) is 16.9. The number of hydrogen-bond donors (Lipinski definition) is 1. The number of halogens is 1. The summed E-state index contributed by atoms with van der Waals surface area (Å²) in [6.45, 7) is 2.05. The van der Waals surface area contributed by atoms with Crippen molar-refractivity contribution in [3.05, 3.63) is 101 Å². The van der Waals surface area contributed by atoms with Gasteiger partial charge in [0.25, 0.3) is 5.91 Å². The molecule has 0 radical (unpaired) electrons. The molecule has 5 rings (SSSR count). The molecule has 1 N–H and O–H groups in total. The number of fused-ring (bicyclic) bond motifs is 3. The molecule has 3 amide bonds. The van der Waals surface area contributed by atoms with Crippen molar-refractivity contribution in [1.82, 2.24) is 10.2 Å². The van der Waals surface area contributed by atoms with Crippen LogP contribution in [0.1, 0.15) is 53.7 Å². The molecule has 2 heterocycles. The van der Waals surface area contributed by atoms with Crippen LogP contribution in [0.3, 0.4) is 0 Å². The average molecular weight is 472 g/mol. The van der Waals surface area contributed by atoms with Crippen LogP contribution in [-0.4, -0.2) is 34.8 Å². The molecule has 1 fully saturated rings. The summed E-state index contributed by atoms with van der Waals surface area (Å²) in [4.78, 5) is 42.6. The van der Waals surface area contributed by atoms with Gasteiger partial charge in [0.05, 0.1) is 17.3 Å². The van der Waals surface area contributed by atoms with Crippen LogP contribution < -0.4 is 10.2 Å². The molecule has 35 heavy (non-hydrogen) atoms. The lowest BCUT2D eigenvalue weighted by Gasteiger charge is -2.48. The summed E-state index contributed by atoms with van der Waals surface area (Å²) in [7, 11) is 0. The summed E-state index contributed by atoms with van der Waals surface area (Å²) in [6.07, 6.45) is 0.924. The molecular weight excluding hydrogens is 445 g/mol. The molecule has 3 aromatic rings. The molecule has 178 valence electrons. The van der Waals surface area contributed by atoms with E-state index in [1.807, 2.05) is 43.3 Å². The number of anilines is 1. The van der Waals surface area contributed by atoms with E-state index in [9.17, 15) is 18.8 Å². The lowest BCUT2D eigenvalue weighted by molar-refractivity contribution is -0.122. The predicted molar refractivity (Wildman–Crippen MR) is 130 cm³/mol. The molecular formula is C28H26FN3O3. The van der Waals surface area contributed by atoms with E-state index in [1.54, 1.807) is 40.1 Å². The molecule has 2 aliphatic heterocycles. The Balaban J connectivity index is 1.37. The molecule has 0 aliphatic carbocycles. The van der Waals surface area contributed by atoms with Gasteiger partial charge in [-0.25, -0.2) is 4.39 Å². The van der Waals surface area contributed by atoms with E-state index in [2.05, 4.69) is 5.32 Å². The van der Waals surface area contributed by atoms with Gasteiger partial charge in [-0.1, -0.05) is 54.6 Å². The van der Waals surface area contributed by atoms with Crippen LogP contribution in [-0.2, 0) is 9.59 Å². The maximum absolute atomic E-state index is 13.5. The quantitative estimate of drug-likeness (QED) is 0.579. The summed E-state index contributed by atoms with van der Waals surface area (Å²) < 4.78 is 13.5. The van der Waals surface area contributed by atoms with Gasteiger partial charge < -0.3 is 10.2 Å². The minimum Gasteiger partial charge on any atom is -0.345 e. The minimum absolute atomic E-state index is 0.0256. The second kappa shape index (κ2) is 8.98. The highest BCUT2D eigenvalue weighted by molar-refractivity contribution is 6.10. The normalized spacial score (nSPS) is 19.8. The Morgan fingerprint density at radius 2 is 1.63 bits per heavy atom. The number of benzene rings is 3. The van der Waals surface area contributed by atoms with Gasteiger partial charge in [0.15, 0.2) is 0 Å². The number of nitrogens with one attached hydrogen (secondary N) is 1. The predicted octanol–water partition coefficient (Wildman–Crippen LogP) is 4.42. The number of carbonyl (C=O) groups is 3. The SMILES string of the molecule is CC12CCC(=O)N1c1ccccc1C(=O)N2CCC(=O)NC(c1ccccc1)c1ccc(F)cc1. The zero-order valence-electron chi connectivity index (χ0n) is 19.4. The molecule has 7 heteroatoms. The van der Waals surface area contributed by atoms with Crippen molar-refractivity contribution in [2.24, 2.45) is 0 Å². The van der Waals surface area contributed by atoms with Gasteiger partial charge in [0, 0.05) is 19.4 Å². The van der Waals surface area contributed by atoms with Crippen LogP contribution in [0.15, 0.2) is 78.9 Å². The molecule has 2 aliphatic rings. The Morgan fingerprint density at radius 3 is 2.37 bits per heavy atom. The molecule has 0 aromatic heterocycles. The van der Waals surface area contributed by atoms with Crippen molar-refractivity contribution in [3.63, 3.8) is 0 Å². The van der Waals surface area contributed by atoms with Crippen molar-refractivity contribution in [3.8, 4) is 0 Å². The van der Waals surface area contributed by atoms with Crippen molar-refractivity contribution < 1.29 is 18.8 Å². The third kappa shape index (κ3) is 4.07. The minimum atomic E-state index is -0.807. The highest BCUT2D eigenvalue weighted by Crippen LogP contribution is 2.44. The van der Waals surface area contributed by atoms with E-state index < -0.39 is 11.7 Å². The Hall–Kier alpha value is -4.00. The number of para-hydroxylation sites is 1. The third-order valence-corrected chi connectivity index (χ3v) is 6.95. The zero-order chi connectivity index (χ0) is 24.6. The number of nitrogens with zero attached hydrogens (tertiary/aromatic N) is 2. The molecule has 0 spiro atoms. The van der Waals surface area contributed by atoms with Crippen LogP contribution in [0.2, 0.25) is 0 Å². The van der Waals surface area contributed by atoms with Gasteiger partial charge in [-0.2, -0.15) is 0 Å². The molecule has 0 bridgehead atoms. The fourth-order valence-electron chi connectivity index (χ4n) is 5.15. The first kappa shape index (κ1) is 22.8. The maximum atomic E-state index is 13.5. The molecule has 2 unspecified atom stereocenters. The standard InChI is InChI=1S/C28H26FN3O3/c1-28-17-15-25(34)32(28)23-10-6-5-9-22(23)27(35)31(28)18-16-24(33)30-26(19-7-3-2-4-8-19)20-11-13-21(29)14-12-20/h2-14,26H,15-18H2,1H3,(H,30,33). The average Bonchev–Trinajstić information content (AvgIpc) is 3.18. The van der Waals surface area contributed by atoms with Crippen LogP contribution in [0.25, 0.3) is 0 Å². The lowest BCUT2D eigenvalue weighted by Crippen LogP contribution is -2.62. The van der Waals surface area contributed by atoms with E-state index in [0.29, 0.717) is 24.1 Å². The van der Waals surface area contributed by atoms with Crippen LogP contribution >= 0.6 is 0 Å². The smallest absolute Gasteiger partial charge is 0.257 e. The maximum Gasteiger partial charge on any atom is 0.257 e. The zero-order valence-corrected chi connectivity index (χ0v) is 19.4. The molecule has 0 saturated carbocycles.